The lowest BCUT2D eigenvalue weighted by molar-refractivity contribution is 0.186. The lowest BCUT2D eigenvalue weighted by Crippen LogP contribution is -2.11. The number of nitrogens with zero attached hydrogens (tertiary/aromatic N) is 2. The summed E-state index contributed by atoms with van der Waals surface area (Å²) in [4.78, 5) is 0. The first-order valence-electron chi connectivity index (χ1n) is 3.53. The number of hydrogen-bond acceptors (Lipinski definition) is 3. The van der Waals surface area contributed by atoms with Crippen molar-refractivity contribution in [2.45, 2.75) is 13.0 Å². The third-order valence-corrected chi connectivity index (χ3v) is 1.63. The molecular weight excluding hydrogens is 142 g/mol. The third-order valence-electron chi connectivity index (χ3n) is 1.63. The van der Waals surface area contributed by atoms with Crippen LogP contribution in [-0.4, -0.2) is 21.4 Å². The van der Waals surface area contributed by atoms with Gasteiger partial charge in [-0.15, -0.1) is 0 Å². The molecule has 0 aliphatic heterocycles. The van der Waals surface area contributed by atoms with Crippen LogP contribution < -0.4 is 5.73 Å². The summed E-state index contributed by atoms with van der Waals surface area (Å²) in [7, 11) is 1.82. The largest absolute Gasteiger partial charge is 0.387 e. The third kappa shape index (κ3) is 1.58. The molecule has 1 heterocycles. The summed E-state index contributed by atoms with van der Waals surface area (Å²) in [6.07, 6.45) is 1.20. The fraction of sp³-hybridized carbons (Fsp3) is 0.571. The van der Waals surface area contributed by atoms with E-state index in [1.54, 1.807) is 10.9 Å². The van der Waals surface area contributed by atoms with Crippen molar-refractivity contribution >= 4 is 0 Å². The van der Waals surface area contributed by atoms with Crippen molar-refractivity contribution in [3.05, 3.63) is 17.5 Å². The van der Waals surface area contributed by atoms with Gasteiger partial charge in [0.15, 0.2) is 0 Å². The van der Waals surface area contributed by atoms with E-state index in [9.17, 15) is 5.11 Å². The van der Waals surface area contributed by atoms with Gasteiger partial charge in [-0.1, -0.05) is 0 Å². The second-order valence-corrected chi connectivity index (χ2v) is 2.60. The lowest BCUT2D eigenvalue weighted by Gasteiger charge is -2.03. The van der Waals surface area contributed by atoms with Crippen LogP contribution in [0.4, 0.5) is 0 Å². The molecule has 0 amide bonds. The number of nitrogens with two attached hydrogens (primary N) is 1. The molecule has 0 spiro atoms. The monoisotopic (exact) mass is 155 g/mol. The highest BCUT2D eigenvalue weighted by Gasteiger charge is 2.10. The Labute approximate surface area is 65.6 Å². The fourth-order valence-electron chi connectivity index (χ4n) is 1.07. The molecule has 1 aromatic rings. The predicted octanol–water partition coefficient (Wildman–Crippen LogP) is -0.279. The second kappa shape index (κ2) is 3.02. The quantitative estimate of drug-likeness (QED) is 0.617. The number of rotatable bonds is 2. The van der Waals surface area contributed by atoms with Gasteiger partial charge in [-0.3, -0.25) is 4.68 Å². The molecule has 0 fully saturated rings. The van der Waals surface area contributed by atoms with Gasteiger partial charge in [-0.25, -0.2) is 0 Å². The fourth-order valence-corrected chi connectivity index (χ4v) is 1.07. The van der Waals surface area contributed by atoms with Crippen LogP contribution in [0.15, 0.2) is 6.20 Å². The van der Waals surface area contributed by atoms with Crippen LogP contribution in [0.3, 0.4) is 0 Å². The molecular formula is C7H13N3O. The Bertz CT molecular complexity index is 244. The molecule has 0 saturated carbocycles. The molecule has 4 heteroatoms. The second-order valence-electron chi connectivity index (χ2n) is 2.60. The highest BCUT2D eigenvalue weighted by molar-refractivity contribution is 5.18. The van der Waals surface area contributed by atoms with Crippen molar-refractivity contribution in [2.24, 2.45) is 12.8 Å². The van der Waals surface area contributed by atoms with Crippen LogP contribution in [-0.2, 0) is 7.05 Å². The first-order chi connectivity index (χ1) is 5.15. The van der Waals surface area contributed by atoms with E-state index in [0.29, 0.717) is 0 Å². The van der Waals surface area contributed by atoms with Crippen molar-refractivity contribution in [2.75, 3.05) is 6.54 Å². The van der Waals surface area contributed by atoms with Crippen LogP contribution in [0.5, 0.6) is 0 Å². The summed E-state index contributed by atoms with van der Waals surface area (Å²) < 4.78 is 1.67. The van der Waals surface area contributed by atoms with Crippen molar-refractivity contribution in [3.8, 4) is 0 Å². The summed E-state index contributed by atoms with van der Waals surface area (Å²) in [6, 6.07) is 0. The summed E-state index contributed by atoms with van der Waals surface area (Å²) in [6.45, 7) is 2.10. The van der Waals surface area contributed by atoms with Crippen LogP contribution in [0.2, 0.25) is 0 Å². The number of aromatic nitrogens is 2. The maximum Gasteiger partial charge on any atom is 0.0945 e. The summed E-state index contributed by atoms with van der Waals surface area (Å²) in [5.41, 5.74) is 6.95. The van der Waals surface area contributed by atoms with Gasteiger partial charge in [0.05, 0.1) is 11.8 Å². The number of hydrogen-bond donors (Lipinski definition) is 2. The molecule has 11 heavy (non-hydrogen) atoms. The maximum absolute atomic E-state index is 9.35. The highest BCUT2D eigenvalue weighted by atomic mass is 16.3. The van der Waals surface area contributed by atoms with Crippen molar-refractivity contribution in [3.63, 3.8) is 0 Å². The van der Waals surface area contributed by atoms with E-state index in [2.05, 4.69) is 5.10 Å². The average Bonchev–Trinajstić information content (AvgIpc) is 2.28. The van der Waals surface area contributed by atoms with Gasteiger partial charge in [-0.05, 0) is 6.92 Å². The highest BCUT2D eigenvalue weighted by Crippen LogP contribution is 2.13. The van der Waals surface area contributed by atoms with Crippen LogP contribution in [0.25, 0.3) is 0 Å². The van der Waals surface area contributed by atoms with E-state index in [0.717, 1.165) is 11.3 Å². The van der Waals surface area contributed by atoms with E-state index in [-0.39, 0.29) is 6.54 Å². The smallest absolute Gasteiger partial charge is 0.0945 e. The lowest BCUT2D eigenvalue weighted by atomic mass is 10.1. The first kappa shape index (κ1) is 8.23. The zero-order valence-corrected chi connectivity index (χ0v) is 6.78. The zero-order valence-electron chi connectivity index (χ0n) is 6.78. The van der Waals surface area contributed by atoms with E-state index in [1.165, 1.54) is 0 Å². The Hall–Kier alpha value is -0.870. The summed E-state index contributed by atoms with van der Waals surface area (Å²) in [5, 5.41) is 13.4. The van der Waals surface area contributed by atoms with Gasteiger partial charge >= 0.3 is 0 Å². The van der Waals surface area contributed by atoms with Crippen molar-refractivity contribution < 1.29 is 5.11 Å². The summed E-state index contributed by atoms with van der Waals surface area (Å²) >= 11 is 0. The average molecular weight is 155 g/mol. The molecule has 0 saturated heterocycles. The molecule has 0 unspecified atom stereocenters. The summed E-state index contributed by atoms with van der Waals surface area (Å²) in [5.74, 6) is 0. The van der Waals surface area contributed by atoms with E-state index >= 15 is 0 Å². The minimum absolute atomic E-state index is 0.243. The van der Waals surface area contributed by atoms with Crippen LogP contribution in [0.1, 0.15) is 17.4 Å². The topological polar surface area (TPSA) is 64.1 Å². The Balaban J connectivity index is 2.93. The molecule has 0 radical (unpaired) electrons. The number of aliphatic hydroxyl groups excluding tert-OH is 1. The van der Waals surface area contributed by atoms with E-state index in [4.69, 9.17) is 5.73 Å². The van der Waals surface area contributed by atoms with Gasteiger partial charge < -0.3 is 10.8 Å². The molecule has 0 aliphatic carbocycles. The number of aryl methyl sites for hydroxylation is 2. The van der Waals surface area contributed by atoms with Gasteiger partial charge in [0.2, 0.25) is 0 Å². The Kier molecular flexibility index (Phi) is 2.26. The Morgan fingerprint density at radius 2 is 2.45 bits per heavy atom. The Morgan fingerprint density at radius 3 is 2.82 bits per heavy atom. The molecule has 1 aromatic heterocycles. The van der Waals surface area contributed by atoms with E-state index in [1.807, 2.05) is 14.0 Å². The SMILES string of the molecule is Cc1nn(C)cc1[C@@H](O)CN. The molecule has 4 nitrogen and oxygen atoms in total. The number of aliphatic hydroxyl groups is 1. The minimum atomic E-state index is -0.580. The van der Waals surface area contributed by atoms with Gasteiger partial charge in [-0.2, -0.15) is 5.10 Å². The normalized spacial score (nSPS) is 13.5. The Morgan fingerprint density at radius 1 is 1.82 bits per heavy atom. The standard InChI is InChI=1S/C7H13N3O/c1-5-6(7(11)3-8)4-10(2)9-5/h4,7,11H,3,8H2,1-2H3/t7-/m0/s1. The molecule has 0 aromatic carbocycles. The molecule has 1 rings (SSSR count). The molecule has 62 valence electrons. The predicted molar refractivity (Wildman–Crippen MR) is 42.0 cm³/mol. The minimum Gasteiger partial charge on any atom is -0.387 e. The molecule has 0 bridgehead atoms. The van der Waals surface area contributed by atoms with Gasteiger partial charge in [0.25, 0.3) is 0 Å². The molecule has 3 N–H and O–H groups in total. The van der Waals surface area contributed by atoms with Crippen LogP contribution >= 0.6 is 0 Å². The van der Waals surface area contributed by atoms with E-state index < -0.39 is 6.10 Å². The van der Waals surface area contributed by atoms with Crippen molar-refractivity contribution in [1.82, 2.24) is 9.78 Å². The zero-order chi connectivity index (χ0) is 8.43. The maximum atomic E-state index is 9.35. The first-order valence-corrected chi connectivity index (χ1v) is 3.53. The van der Waals surface area contributed by atoms with Gasteiger partial charge in [0.1, 0.15) is 0 Å². The van der Waals surface area contributed by atoms with Crippen LogP contribution in [0, 0.1) is 6.92 Å². The molecule has 1 atom stereocenters. The van der Waals surface area contributed by atoms with Crippen molar-refractivity contribution in [1.29, 1.82) is 0 Å². The molecule has 0 aliphatic rings. The van der Waals surface area contributed by atoms with Gasteiger partial charge in [0, 0.05) is 25.4 Å².